The zero-order valence-electron chi connectivity index (χ0n) is 17.4. The number of aryl methyl sites for hydroxylation is 2. The summed E-state index contributed by atoms with van der Waals surface area (Å²) in [5.41, 5.74) is 3.39. The van der Waals surface area contributed by atoms with Crippen LogP contribution in [-0.4, -0.2) is 58.1 Å². The molecule has 1 aliphatic heterocycles. The first-order chi connectivity index (χ1) is 14.3. The molecular weight excluding hydrogens is 404 g/mol. The summed E-state index contributed by atoms with van der Waals surface area (Å²) in [5, 5.41) is 2.81. The number of hydrogen-bond acceptors (Lipinski definition) is 5. The quantitative estimate of drug-likeness (QED) is 0.647. The minimum absolute atomic E-state index is 0.0847. The van der Waals surface area contributed by atoms with Crippen LogP contribution in [0.15, 0.2) is 42.5 Å². The Balaban J connectivity index is 1.47. The summed E-state index contributed by atoms with van der Waals surface area (Å²) >= 11 is 0. The van der Waals surface area contributed by atoms with E-state index in [1.54, 1.807) is 24.3 Å². The molecule has 1 amide bonds. The topological polar surface area (TPSA) is 84.9 Å². The van der Waals surface area contributed by atoms with Crippen molar-refractivity contribution in [1.29, 1.82) is 0 Å². The van der Waals surface area contributed by atoms with Crippen molar-refractivity contribution < 1.29 is 22.7 Å². The summed E-state index contributed by atoms with van der Waals surface area (Å²) in [6.45, 7) is 6.37. The summed E-state index contributed by atoms with van der Waals surface area (Å²) in [4.78, 5) is 12.3. The molecule has 30 heavy (non-hydrogen) atoms. The fourth-order valence-corrected chi connectivity index (χ4v) is 4.83. The molecule has 3 rings (SSSR count). The molecule has 0 atom stereocenters. The molecule has 0 aromatic heterocycles. The standard InChI is InChI=1S/C22H28N2O5S/c1-17-13-18(2)15-21(14-17)29-10-7-23-22(25)20-5-3-19(4-6-20)16-30(26,27)24-8-11-28-12-9-24/h3-6,13-15H,7-12,16H2,1-2H3,(H,23,25). The molecule has 0 aliphatic carbocycles. The van der Waals surface area contributed by atoms with E-state index in [4.69, 9.17) is 9.47 Å². The van der Waals surface area contributed by atoms with Crippen molar-refractivity contribution in [3.63, 3.8) is 0 Å². The Morgan fingerprint density at radius 3 is 2.33 bits per heavy atom. The number of benzene rings is 2. The third kappa shape index (κ3) is 6.29. The van der Waals surface area contributed by atoms with Gasteiger partial charge in [-0.25, -0.2) is 8.42 Å². The predicted molar refractivity (Wildman–Crippen MR) is 115 cm³/mol. The van der Waals surface area contributed by atoms with Crippen LogP contribution in [0.3, 0.4) is 0 Å². The molecule has 0 unspecified atom stereocenters. The largest absolute Gasteiger partial charge is 0.492 e. The normalized spacial score (nSPS) is 15.0. The Bertz CT molecular complexity index is 947. The Morgan fingerprint density at radius 2 is 1.70 bits per heavy atom. The second-order valence-corrected chi connectivity index (χ2v) is 9.36. The van der Waals surface area contributed by atoms with Crippen molar-refractivity contribution in [2.24, 2.45) is 0 Å². The first kappa shape index (κ1) is 22.3. The summed E-state index contributed by atoms with van der Waals surface area (Å²) in [5.74, 6) is 0.479. The maximum atomic E-state index is 12.5. The molecule has 0 radical (unpaired) electrons. The van der Waals surface area contributed by atoms with Gasteiger partial charge in [-0.15, -0.1) is 0 Å². The van der Waals surface area contributed by atoms with Crippen molar-refractivity contribution in [2.45, 2.75) is 19.6 Å². The minimum Gasteiger partial charge on any atom is -0.492 e. The van der Waals surface area contributed by atoms with Crippen LogP contribution in [0.2, 0.25) is 0 Å². The molecule has 1 saturated heterocycles. The van der Waals surface area contributed by atoms with Gasteiger partial charge in [-0.3, -0.25) is 4.79 Å². The zero-order valence-corrected chi connectivity index (χ0v) is 18.2. The Labute approximate surface area is 178 Å². The molecule has 1 heterocycles. The van der Waals surface area contributed by atoms with E-state index in [2.05, 4.69) is 11.4 Å². The van der Waals surface area contributed by atoms with E-state index in [0.29, 0.717) is 50.6 Å². The van der Waals surface area contributed by atoms with Crippen LogP contribution in [0.1, 0.15) is 27.0 Å². The molecule has 1 N–H and O–H groups in total. The van der Waals surface area contributed by atoms with Gasteiger partial charge in [0.15, 0.2) is 0 Å². The van der Waals surface area contributed by atoms with E-state index in [1.165, 1.54) is 4.31 Å². The highest BCUT2D eigenvalue weighted by atomic mass is 32.2. The molecule has 1 fully saturated rings. The number of sulfonamides is 1. The molecular formula is C22H28N2O5S. The summed E-state index contributed by atoms with van der Waals surface area (Å²) in [7, 11) is -3.38. The molecule has 2 aromatic rings. The Kier molecular flexibility index (Phi) is 7.47. The van der Waals surface area contributed by atoms with Gasteiger partial charge in [0.1, 0.15) is 12.4 Å². The molecule has 8 heteroatoms. The van der Waals surface area contributed by atoms with Crippen molar-refractivity contribution in [1.82, 2.24) is 9.62 Å². The van der Waals surface area contributed by atoms with Crippen LogP contribution in [0.4, 0.5) is 0 Å². The van der Waals surface area contributed by atoms with Crippen molar-refractivity contribution in [3.05, 3.63) is 64.7 Å². The summed E-state index contributed by atoms with van der Waals surface area (Å²) in [6, 6.07) is 12.6. The first-order valence-corrected chi connectivity index (χ1v) is 11.6. The lowest BCUT2D eigenvalue weighted by Crippen LogP contribution is -2.41. The third-order valence-corrected chi connectivity index (χ3v) is 6.63. The lowest BCUT2D eigenvalue weighted by Gasteiger charge is -2.26. The average molecular weight is 433 g/mol. The zero-order chi connectivity index (χ0) is 21.6. The Hall–Kier alpha value is -2.42. The number of carbonyl (C=O) groups excluding carboxylic acids is 1. The second kappa shape index (κ2) is 10.1. The number of rotatable bonds is 8. The van der Waals surface area contributed by atoms with Crippen LogP contribution in [0.5, 0.6) is 5.75 Å². The van der Waals surface area contributed by atoms with Gasteiger partial charge in [0, 0.05) is 18.7 Å². The molecule has 162 valence electrons. The molecule has 1 aliphatic rings. The van der Waals surface area contributed by atoms with Crippen molar-refractivity contribution in [3.8, 4) is 5.75 Å². The van der Waals surface area contributed by atoms with Crippen LogP contribution in [-0.2, 0) is 20.5 Å². The SMILES string of the molecule is Cc1cc(C)cc(OCCNC(=O)c2ccc(CS(=O)(=O)N3CCOCC3)cc2)c1. The van der Waals surface area contributed by atoms with E-state index >= 15 is 0 Å². The van der Waals surface area contributed by atoms with Gasteiger partial charge in [0.25, 0.3) is 5.91 Å². The van der Waals surface area contributed by atoms with Gasteiger partial charge >= 0.3 is 0 Å². The van der Waals surface area contributed by atoms with Gasteiger partial charge in [-0.1, -0.05) is 18.2 Å². The van der Waals surface area contributed by atoms with E-state index < -0.39 is 10.0 Å². The fourth-order valence-electron chi connectivity index (χ4n) is 3.33. The van der Waals surface area contributed by atoms with Gasteiger partial charge in [-0.05, 0) is 54.8 Å². The van der Waals surface area contributed by atoms with Gasteiger partial charge in [0.2, 0.25) is 10.0 Å². The first-order valence-electron chi connectivity index (χ1n) is 9.97. The van der Waals surface area contributed by atoms with E-state index in [0.717, 1.165) is 16.9 Å². The highest BCUT2D eigenvalue weighted by Crippen LogP contribution is 2.16. The van der Waals surface area contributed by atoms with Crippen LogP contribution in [0.25, 0.3) is 0 Å². The second-order valence-electron chi connectivity index (χ2n) is 7.39. The summed E-state index contributed by atoms with van der Waals surface area (Å²) < 4.78 is 37.3. The van der Waals surface area contributed by atoms with E-state index in [9.17, 15) is 13.2 Å². The van der Waals surface area contributed by atoms with Crippen LogP contribution in [0, 0.1) is 13.8 Å². The average Bonchev–Trinajstić information content (AvgIpc) is 2.71. The molecule has 2 aromatic carbocycles. The smallest absolute Gasteiger partial charge is 0.251 e. The number of hydrogen-bond donors (Lipinski definition) is 1. The molecule has 7 nitrogen and oxygen atoms in total. The van der Waals surface area contributed by atoms with Crippen LogP contribution < -0.4 is 10.1 Å². The van der Waals surface area contributed by atoms with Gasteiger partial charge in [-0.2, -0.15) is 4.31 Å². The maximum absolute atomic E-state index is 12.5. The van der Waals surface area contributed by atoms with E-state index in [-0.39, 0.29) is 11.7 Å². The number of nitrogens with one attached hydrogen (secondary N) is 1. The highest BCUT2D eigenvalue weighted by molar-refractivity contribution is 7.88. The van der Waals surface area contributed by atoms with Gasteiger partial charge < -0.3 is 14.8 Å². The molecule has 0 bridgehead atoms. The highest BCUT2D eigenvalue weighted by Gasteiger charge is 2.24. The van der Waals surface area contributed by atoms with Crippen LogP contribution >= 0.6 is 0 Å². The predicted octanol–water partition coefficient (Wildman–Crippen LogP) is 2.27. The lowest BCUT2D eigenvalue weighted by molar-refractivity contribution is 0.0729. The lowest BCUT2D eigenvalue weighted by atomic mass is 10.1. The van der Waals surface area contributed by atoms with Gasteiger partial charge in [0.05, 0.1) is 25.5 Å². The number of amides is 1. The fraction of sp³-hybridized carbons (Fsp3) is 0.409. The maximum Gasteiger partial charge on any atom is 0.251 e. The van der Waals surface area contributed by atoms with Crippen molar-refractivity contribution in [2.75, 3.05) is 39.5 Å². The summed E-state index contributed by atoms with van der Waals surface area (Å²) in [6.07, 6.45) is 0. The number of nitrogens with zero attached hydrogens (tertiary/aromatic N) is 1. The number of morpholine rings is 1. The monoisotopic (exact) mass is 432 g/mol. The molecule has 0 saturated carbocycles. The Morgan fingerprint density at radius 1 is 1.07 bits per heavy atom. The number of carbonyl (C=O) groups is 1. The van der Waals surface area contributed by atoms with E-state index in [1.807, 2.05) is 26.0 Å². The molecule has 0 spiro atoms. The minimum atomic E-state index is -3.38. The van der Waals surface area contributed by atoms with Crippen molar-refractivity contribution >= 4 is 15.9 Å². The third-order valence-electron chi connectivity index (χ3n) is 4.78. The number of ether oxygens (including phenoxy) is 2.